The largest absolute Gasteiger partial charge is 0.378 e. The lowest BCUT2D eigenvalue weighted by atomic mass is 9.98. The number of ether oxygens (including phenoxy) is 1. The first-order chi connectivity index (χ1) is 9.20. The average molecular weight is 282 g/mol. The first-order valence-electron chi connectivity index (χ1n) is 7.31. The van der Waals surface area contributed by atoms with Gasteiger partial charge in [0, 0.05) is 17.7 Å². The molecular formula is C16H24ClNO. The summed E-state index contributed by atoms with van der Waals surface area (Å²) in [5, 5.41) is 4.48. The Kier molecular flexibility index (Phi) is 5.68. The van der Waals surface area contributed by atoms with Gasteiger partial charge in [0.1, 0.15) is 0 Å². The van der Waals surface area contributed by atoms with Crippen LogP contribution in [0.4, 0.5) is 0 Å². The van der Waals surface area contributed by atoms with Crippen molar-refractivity contribution in [2.24, 2.45) is 0 Å². The Balaban J connectivity index is 2.08. The molecule has 0 saturated carbocycles. The second kappa shape index (κ2) is 7.28. The summed E-state index contributed by atoms with van der Waals surface area (Å²) >= 11 is 6.25. The molecule has 106 valence electrons. The van der Waals surface area contributed by atoms with Gasteiger partial charge in [0.05, 0.1) is 6.10 Å². The Morgan fingerprint density at radius 1 is 1.47 bits per heavy atom. The van der Waals surface area contributed by atoms with Crippen molar-refractivity contribution in [3.05, 3.63) is 34.3 Å². The quantitative estimate of drug-likeness (QED) is 0.841. The highest BCUT2D eigenvalue weighted by molar-refractivity contribution is 6.31. The average Bonchev–Trinajstić information content (AvgIpc) is 2.91. The number of hydrogen-bond acceptors (Lipinski definition) is 2. The maximum absolute atomic E-state index is 6.25. The van der Waals surface area contributed by atoms with E-state index >= 15 is 0 Å². The molecule has 2 unspecified atom stereocenters. The predicted octanol–water partition coefficient (Wildman–Crippen LogP) is 4.26. The number of benzene rings is 1. The molecule has 1 aromatic carbocycles. The molecule has 1 aliphatic rings. The van der Waals surface area contributed by atoms with Gasteiger partial charge >= 0.3 is 0 Å². The van der Waals surface area contributed by atoms with Gasteiger partial charge in [-0.1, -0.05) is 30.7 Å². The minimum Gasteiger partial charge on any atom is -0.378 e. The molecular weight excluding hydrogens is 258 g/mol. The topological polar surface area (TPSA) is 21.3 Å². The van der Waals surface area contributed by atoms with Gasteiger partial charge in [-0.2, -0.15) is 0 Å². The lowest BCUT2D eigenvalue weighted by molar-refractivity contribution is 0.0946. The van der Waals surface area contributed by atoms with Crippen LogP contribution in [0.5, 0.6) is 0 Å². The molecule has 0 bridgehead atoms. The molecule has 0 aromatic heterocycles. The summed E-state index contributed by atoms with van der Waals surface area (Å²) in [5.74, 6) is 0. The van der Waals surface area contributed by atoms with Crippen molar-refractivity contribution < 1.29 is 4.74 Å². The number of nitrogens with one attached hydrogen (secondary N) is 1. The number of aryl methyl sites for hydroxylation is 1. The standard InChI is InChI=1S/C16H24ClNO/c1-3-8-18-16(11-14-5-4-9-19-14)13-7-6-12(2)15(17)10-13/h6-7,10,14,16,18H,3-5,8-9,11H2,1-2H3. The summed E-state index contributed by atoms with van der Waals surface area (Å²) in [6, 6.07) is 6.73. The van der Waals surface area contributed by atoms with Gasteiger partial charge in [0.25, 0.3) is 0 Å². The normalized spacial score (nSPS) is 20.7. The van der Waals surface area contributed by atoms with Crippen LogP contribution < -0.4 is 5.32 Å². The van der Waals surface area contributed by atoms with Gasteiger partial charge in [-0.05, 0) is 56.3 Å². The SMILES string of the molecule is CCCNC(CC1CCCO1)c1ccc(C)c(Cl)c1. The zero-order chi connectivity index (χ0) is 13.7. The third kappa shape index (κ3) is 4.20. The molecule has 1 N–H and O–H groups in total. The van der Waals surface area contributed by atoms with E-state index in [1.807, 2.05) is 6.92 Å². The first-order valence-corrected chi connectivity index (χ1v) is 7.69. The molecule has 0 radical (unpaired) electrons. The maximum Gasteiger partial charge on any atom is 0.0594 e. The fourth-order valence-electron chi connectivity index (χ4n) is 2.57. The highest BCUT2D eigenvalue weighted by Gasteiger charge is 2.21. The fourth-order valence-corrected chi connectivity index (χ4v) is 2.76. The van der Waals surface area contributed by atoms with Crippen LogP contribution in [0.25, 0.3) is 0 Å². The van der Waals surface area contributed by atoms with Gasteiger partial charge in [-0.25, -0.2) is 0 Å². The lowest BCUT2D eigenvalue weighted by Gasteiger charge is -2.22. The molecule has 2 atom stereocenters. The zero-order valence-corrected chi connectivity index (χ0v) is 12.7. The van der Waals surface area contributed by atoms with E-state index in [2.05, 4.69) is 30.4 Å². The number of hydrogen-bond donors (Lipinski definition) is 1. The Hall–Kier alpha value is -0.570. The van der Waals surface area contributed by atoms with Crippen molar-refractivity contribution in [1.82, 2.24) is 5.32 Å². The summed E-state index contributed by atoms with van der Waals surface area (Å²) in [6.07, 6.45) is 4.96. The second-order valence-corrected chi connectivity index (χ2v) is 5.79. The van der Waals surface area contributed by atoms with Crippen molar-refractivity contribution in [2.75, 3.05) is 13.2 Å². The van der Waals surface area contributed by atoms with Crippen LogP contribution in [0.2, 0.25) is 5.02 Å². The fraction of sp³-hybridized carbons (Fsp3) is 0.625. The molecule has 1 aromatic rings. The van der Waals surface area contributed by atoms with E-state index in [-0.39, 0.29) is 0 Å². The smallest absolute Gasteiger partial charge is 0.0594 e. The molecule has 1 aliphatic heterocycles. The molecule has 1 saturated heterocycles. The zero-order valence-electron chi connectivity index (χ0n) is 11.9. The third-order valence-electron chi connectivity index (χ3n) is 3.76. The molecule has 2 rings (SSSR count). The van der Waals surface area contributed by atoms with Gasteiger partial charge in [-0.3, -0.25) is 0 Å². The molecule has 0 amide bonds. The second-order valence-electron chi connectivity index (χ2n) is 5.39. The molecule has 3 heteroatoms. The van der Waals surface area contributed by atoms with E-state index in [4.69, 9.17) is 16.3 Å². The first kappa shape index (κ1) is 14.8. The van der Waals surface area contributed by atoms with Gasteiger partial charge in [-0.15, -0.1) is 0 Å². The van der Waals surface area contributed by atoms with E-state index in [9.17, 15) is 0 Å². The van der Waals surface area contributed by atoms with Gasteiger partial charge in [0.2, 0.25) is 0 Å². The third-order valence-corrected chi connectivity index (χ3v) is 4.17. The lowest BCUT2D eigenvalue weighted by Crippen LogP contribution is -2.26. The van der Waals surface area contributed by atoms with Crippen molar-refractivity contribution in [1.29, 1.82) is 0 Å². The van der Waals surface area contributed by atoms with Crippen LogP contribution in [0, 0.1) is 6.92 Å². The Labute approximate surface area is 121 Å². The summed E-state index contributed by atoms with van der Waals surface area (Å²) in [7, 11) is 0. The maximum atomic E-state index is 6.25. The van der Waals surface area contributed by atoms with Crippen molar-refractivity contribution in [3.8, 4) is 0 Å². The predicted molar refractivity (Wildman–Crippen MR) is 80.8 cm³/mol. The highest BCUT2D eigenvalue weighted by Crippen LogP contribution is 2.28. The summed E-state index contributed by atoms with van der Waals surface area (Å²) < 4.78 is 5.77. The number of rotatable bonds is 6. The Morgan fingerprint density at radius 3 is 2.95 bits per heavy atom. The molecule has 0 spiro atoms. The van der Waals surface area contributed by atoms with Gasteiger partial charge < -0.3 is 10.1 Å². The van der Waals surface area contributed by atoms with Crippen molar-refractivity contribution >= 4 is 11.6 Å². The van der Waals surface area contributed by atoms with Crippen molar-refractivity contribution in [2.45, 2.75) is 51.7 Å². The molecule has 1 fully saturated rings. The summed E-state index contributed by atoms with van der Waals surface area (Å²) in [5.41, 5.74) is 2.41. The number of halogens is 1. The van der Waals surface area contributed by atoms with Crippen LogP contribution in [0.3, 0.4) is 0 Å². The van der Waals surface area contributed by atoms with E-state index in [1.54, 1.807) is 0 Å². The minimum absolute atomic E-state index is 0.348. The van der Waals surface area contributed by atoms with Gasteiger partial charge in [0.15, 0.2) is 0 Å². The van der Waals surface area contributed by atoms with Crippen LogP contribution in [0.1, 0.15) is 49.8 Å². The van der Waals surface area contributed by atoms with E-state index in [0.29, 0.717) is 12.1 Å². The van der Waals surface area contributed by atoms with Crippen LogP contribution in [-0.4, -0.2) is 19.3 Å². The Bertz CT molecular complexity index is 402. The molecule has 0 aliphatic carbocycles. The van der Waals surface area contributed by atoms with E-state index in [1.165, 1.54) is 18.4 Å². The van der Waals surface area contributed by atoms with Crippen LogP contribution >= 0.6 is 11.6 Å². The minimum atomic E-state index is 0.348. The van der Waals surface area contributed by atoms with E-state index < -0.39 is 0 Å². The molecule has 2 nitrogen and oxygen atoms in total. The van der Waals surface area contributed by atoms with E-state index in [0.717, 1.165) is 36.6 Å². The van der Waals surface area contributed by atoms with Crippen LogP contribution in [0.15, 0.2) is 18.2 Å². The monoisotopic (exact) mass is 281 g/mol. The molecule has 19 heavy (non-hydrogen) atoms. The Morgan fingerprint density at radius 2 is 2.32 bits per heavy atom. The highest BCUT2D eigenvalue weighted by atomic mass is 35.5. The summed E-state index contributed by atoms with van der Waals surface area (Å²) in [4.78, 5) is 0. The summed E-state index contributed by atoms with van der Waals surface area (Å²) in [6.45, 7) is 6.18. The van der Waals surface area contributed by atoms with Crippen LogP contribution in [-0.2, 0) is 4.74 Å². The molecule has 1 heterocycles. The van der Waals surface area contributed by atoms with Crippen molar-refractivity contribution in [3.63, 3.8) is 0 Å².